The van der Waals surface area contributed by atoms with Crippen LogP contribution in [0.5, 0.6) is 0 Å². The largest absolute Gasteiger partial charge is 0.366 e. The van der Waals surface area contributed by atoms with Gasteiger partial charge in [0.1, 0.15) is 16.2 Å². The molecule has 0 aliphatic carbocycles. The first-order valence-electron chi connectivity index (χ1n) is 6.55. The molecule has 2 rings (SSSR count). The van der Waals surface area contributed by atoms with Crippen molar-refractivity contribution in [1.29, 1.82) is 0 Å². The first kappa shape index (κ1) is 14.9. The van der Waals surface area contributed by atoms with E-state index in [4.69, 9.17) is 0 Å². The molecular formula is C15H19BrN4. The van der Waals surface area contributed by atoms with Gasteiger partial charge in [0.05, 0.1) is 0 Å². The zero-order valence-corrected chi connectivity index (χ0v) is 13.8. The number of halogens is 1. The predicted octanol–water partition coefficient (Wildman–Crippen LogP) is 3.85. The van der Waals surface area contributed by atoms with Crippen molar-refractivity contribution in [3.63, 3.8) is 0 Å². The van der Waals surface area contributed by atoms with E-state index in [1.165, 1.54) is 0 Å². The Morgan fingerprint density at radius 3 is 2.55 bits per heavy atom. The Labute approximate surface area is 128 Å². The van der Waals surface area contributed by atoms with Gasteiger partial charge in [0.15, 0.2) is 0 Å². The third kappa shape index (κ3) is 4.00. The van der Waals surface area contributed by atoms with E-state index < -0.39 is 0 Å². The average molecular weight is 335 g/mol. The van der Waals surface area contributed by atoms with Crippen LogP contribution in [0.15, 0.2) is 29.0 Å². The summed E-state index contributed by atoms with van der Waals surface area (Å²) in [7, 11) is 0. The second kappa shape index (κ2) is 5.87. The minimum Gasteiger partial charge on any atom is -0.366 e. The Hall–Kier alpha value is -1.49. The topological polar surface area (TPSA) is 50.7 Å². The summed E-state index contributed by atoms with van der Waals surface area (Å²) in [5.74, 6) is 1.63. The van der Waals surface area contributed by atoms with Crippen LogP contribution in [-0.4, -0.2) is 15.0 Å². The minimum absolute atomic E-state index is 0.0778. The molecule has 5 heteroatoms. The fourth-order valence-electron chi connectivity index (χ4n) is 1.64. The Morgan fingerprint density at radius 1 is 1.20 bits per heavy atom. The highest BCUT2D eigenvalue weighted by molar-refractivity contribution is 9.10. The molecule has 2 aromatic heterocycles. The van der Waals surface area contributed by atoms with Gasteiger partial charge < -0.3 is 5.32 Å². The van der Waals surface area contributed by atoms with E-state index in [9.17, 15) is 0 Å². The molecule has 0 unspecified atom stereocenters. The van der Waals surface area contributed by atoms with Gasteiger partial charge in [-0.1, -0.05) is 26.8 Å². The van der Waals surface area contributed by atoms with Crippen LogP contribution >= 0.6 is 15.9 Å². The van der Waals surface area contributed by atoms with Crippen molar-refractivity contribution in [2.24, 2.45) is 0 Å². The van der Waals surface area contributed by atoms with Crippen molar-refractivity contribution in [1.82, 2.24) is 15.0 Å². The smallest absolute Gasteiger partial charge is 0.137 e. The zero-order valence-electron chi connectivity index (χ0n) is 12.2. The van der Waals surface area contributed by atoms with E-state index in [0.717, 1.165) is 27.5 Å². The second-order valence-corrected chi connectivity index (χ2v) is 6.62. The number of aryl methyl sites for hydroxylation is 1. The molecule has 0 fully saturated rings. The number of hydrogen-bond acceptors (Lipinski definition) is 4. The van der Waals surface area contributed by atoms with Crippen molar-refractivity contribution in [3.8, 4) is 0 Å². The maximum atomic E-state index is 4.56. The molecule has 4 nitrogen and oxygen atoms in total. The summed E-state index contributed by atoms with van der Waals surface area (Å²) in [5, 5.41) is 3.31. The third-order valence-corrected chi connectivity index (χ3v) is 3.22. The van der Waals surface area contributed by atoms with E-state index in [2.05, 4.69) is 63.0 Å². The summed E-state index contributed by atoms with van der Waals surface area (Å²) in [6, 6.07) is 5.96. The standard InChI is InChI=1S/C15H19BrN4/c1-10-5-6-11(8-17-10)9-18-13-7-12(16)19-14(20-13)15(2,3)4/h5-8H,9H2,1-4H3,(H,18,19,20). The van der Waals surface area contributed by atoms with Crippen molar-refractivity contribution in [2.75, 3.05) is 5.32 Å². The Balaban J connectivity index is 2.13. The number of hydrogen-bond donors (Lipinski definition) is 1. The molecule has 106 valence electrons. The van der Waals surface area contributed by atoms with Crippen LogP contribution in [0.4, 0.5) is 5.82 Å². The first-order chi connectivity index (χ1) is 9.34. The lowest BCUT2D eigenvalue weighted by Gasteiger charge is -2.18. The van der Waals surface area contributed by atoms with Gasteiger partial charge in [-0.25, -0.2) is 9.97 Å². The molecule has 0 spiro atoms. The molecule has 20 heavy (non-hydrogen) atoms. The Kier molecular flexibility index (Phi) is 4.38. The summed E-state index contributed by atoms with van der Waals surface area (Å²) in [6.07, 6.45) is 1.88. The minimum atomic E-state index is -0.0778. The molecule has 2 aromatic rings. The van der Waals surface area contributed by atoms with E-state index >= 15 is 0 Å². The van der Waals surface area contributed by atoms with Crippen LogP contribution in [0, 0.1) is 6.92 Å². The maximum Gasteiger partial charge on any atom is 0.137 e. The predicted molar refractivity (Wildman–Crippen MR) is 84.7 cm³/mol. The number of nitrogens with one attached hydrogen (secondary N) is 1. The fraction of sp³-hybridized carbons (Fsp3) is 0.400. The number of aromatic nitrogens is 3. The third-order valence-electron chi connectivity index (χ3n) is 2.81. The molecule has 0 aliphatic heterocycles. The molecule has 0 saturated carbocycles. The van der Waals surface area contributed by atoms with Crippen molar-refractivity contribution < 1.29 is 0 Å². The van der Waals surface area contributed by atoms with E-state index in [-0.39, 0.29) is 5.41 Å². The molecule has 0 amide bonds. The summed E-state index contributed by atoms with van der Waals surface area (Å²) in [6.45, 7) is 8.97. The lowest BCUT2D eigenvalue weighted by atomic mass is 9.96. The van der Waals surface area contributed by atoms with Gasteiger partial charge in [-0.15, -0.1) is 0 Å². The highest BCUT2D eigenvalue weighted by atomic mass is 79.9. The fourth-order valence-corrected chi connectivity index (χ4v) is 2.02. The van der Waals surface area contributed by atoms with Gasteiger partial charge in [0.25, 0.3) is 0 Å². The molecule has 0 aliphatic rings. The monoisotopic (exact) mass is 334 g/mol. The highest BCUT2D eigenvalue weighted by Gasteiger charge is 2.18. The second-order valence-electron chi connectivity index (χ2n) is 5.81. The lowest BCUT2D eigenvalue weighted by Crippen LogP contribution is -2.17. The summed E-state index contributed by atoms with van der Waals surface area (Å²) < 4.78 is 0.793. The van der Waals surface area contributed by atoms with Gasteiger partial charge in [0.2, 0.25) is 0 Å². The molecule has 0 atom stereocenters. The van der Waals surface area contributed by atoms with Crippen LogP contribution in [-0.2, 0) is 12.0 Å². The van der Waals surface area contributed by atoms with Crippen LogP contribution in [0.25, 0.3) is 0 Å². The van der Waals surface area contributed by atoms with Crippen molar-refractivity contribution in [3.05, 3.63) is 46.1 Å². The molecule has 0 aromatic carbocycles. The van der Waals surface area contributed by atoms with Gasteiger partial charge >= 0.3 is 0 Å². The summed E-state index contributed by atoms with van der Waals surface area (Å²) >= 11 is 3.44. The highest BCUT2D eigenvalue weighted by Crippen LogP contribution is 2.22. The molecule has 0 radical (unpaired) electrons. The van der Waals surface area contributed by atoms with Crippen LogP contribution in [0.3, 0.4) is 0 Å². The molecule has 1 N–H and O–H groups in total. The normalized spacial score (nSPS) is 11.4. The molecule has 2 heterocycles. The maximum absolute atomic E-state index is 4.56. The average Bonchev–Trinajstić information content (AvgIpc) is 2.36. The van der Waals surface area contributed by atoms with Gasteiger partial charge in [-0.05, 0) is 34.5 Å². The van der Waals surface area contributed by atoms with Crippen LogP contribution in [0.2, 0.25) is 0 Å². The number of anilines is 1. The zero-order chi connectivity index (χ0) is 14.8. The van der Waals surface area contributed by atoms with E-state index in [1.54, 1.807) is 0 Å². The summed E-state index contributed by atoms with van der Waals surface area (Å²) in [4.78, 5) is 13.3. The molecule has 0 bridgehead atoms. The lowest BCUT2D eigenvalue weighted by molar-refractivity contribution is 0.544. The number of rotatable bonds is 3. The van der Waals surface area contributed by atoms with Gasteiger partial charge in [-0.3, -0.25) is 4.98 Å². The quantitative estimate of drug-likeness (QED) is 0.866. The summed E-state index contributed by atoms with van der Waals surface area (Å²) in [5.41, 5.74) is 2.07. The van der Waals surface area contributed by atoms with Gasteiger partial charge in [0, 0.05) is 29.9 Å². The molecular weight excluding hydrogens is 316 g/mol. The Morgan fingerprint density at radius 2 is 1.95 bits per heavy atom. The van der Waals surface area contributed by atoms with Crippen LogP contribution in [0.1, 0.15) is 37.9 Å². The number of nitrogens with zero attached hydrogens (tertiary/aromatic N) is 3. The van der Waals surface area contributed by atoms with Gasteiger partial charge in [-0.2, -0.15) is 0 Å². The number of pyridine rings is 1. The Bertz CT molecular complexity index is 588. The first-order valence-corrected chi connectivity index (χ1v) is 7.34. The SMILES string of the molecule is Cc1ccc(CNc2cc(Br)nc(C(C)(C)C)n2)cn1. The van der Waals surface area contributed by atoms with E-state index in [0.29, 0.717) is 6.54 Å². The van der Waals surface area contributed by atoms with Crippen molar-refractivity contribution in [2.45, 2.75) is 39.7 Å². The van der Waals surface area contributed by atoms with Crippen LogP contribution < -0.4 is 5.32 Å². The van der Waals surface area contributed by atoms with Crippen molar-refractivity contribution >= 4 is 21.7 Å². The molecule has 0 saturated heterocycles. The van der Waals surface area contributed by atoms with E-state index in [1.807, 2.05) is 25.3 Å².